The van der Waals surface area contributed by atoms with Crippen molar-refractivity contribution in [3.05, 3.63) is 35.6 Å². The number of benzene rings is 1. The van der Waals surface area contributed by atoms with Crippen molar-refractivity contribution in [1.29, 1.82) is 0 Å². The van der Waals surface area contributed by atoms with Gasteiger partial charge >= 0.3 is 0 Å². The van der Waals surface area contributed by atoms with E-state index in [4.69, 9.17) is 5.11 Å². The molecule has 0 heterocycles. The van der Waals surface area contributed by atoms with Crippen LogP contribution in [0.2, 0.25) is 0 Å². The Hall–Kier alpha value is -0.940. The average Bonchev–Trinajstić information content (AvgIpc) is 2.31. The molecule has 1 amide bonds. The van der Waals surface area contributed by atoms with E-state index in [1.165, 1.54) is 11.0 Å². The first-order chi connectivity index (χ1) is 8.06. The number of aliphatic hydroxyl groups is 1. The van der Waals surface area contributed by atoms with Gasteiger partial charge in [0, 0.05) is 13.6 Å². The molecule has 1 aromatic carbocycles. The van der Waals surface area contributed by atoms with E-state index < -0.39 is 4.83 Å². The van der Waals surface area contributed by atoms with Gasteiger partial charge in [0.2, 0.25) is 5.91 Å². The molecule has 0 aliphatic carbocycles. The Morgan fingerprint density at radius 1 is 1.53 bits per heavy atom. The summed E-state index contributed by atoms with van der Waals surface area (Å²) < 4.78 is 13.4. The van der Waals surface area contributed by atoms with E-state index in [9.17, 15) is 9.18 Å². The average molecular weight is 304 g/mol. The highest BCUT2D eigenvalue weighted by molar-refractivity contribution is 9.10. The number of likely N-dealkylation sites (N-methyl/N-ethyl adjacent to an activating group) is 1. The van der Waals surface area contributed by atoms with Crippen molar-refractivity contribution in [3.8, 4) is 0 Å². The first kappa shape index (κ1) is 14.1. The summed E-state index contributed by atoms with van der Waals surface area (Å²) in [5.74, 6) is -0.475. The summed E-state index contributed by atoms with van der Waals surface area (Å²) in [4.78, 5) is 12.7. The molecular weight excluding hydrogens is 289 g/mol. The minimum absolute atomic E-state index is 0.0817. The number of nitrogens with zero attached hydrogens (tertiary/aromatic N) is 1. The fourth-order valence-corrected chi connectivity index (χ4v) is 2.14. The summed E-state index contributed by atoms with van der Waals surface area (Å²) in [6.07, 6.45) is 0.293. The second-order valence-corrected chi connectivity index (χ2v) is 4.85. The van der Waals surface area contributed by atoms with Crippen molar-refractivity contribution in [2.75, 3.05) is 20.2 Å². The van der Waals surface area contributed by atoms with Crippen molar-refractivity contribution in [1.82, 2.24) is 4.90 Å². The molecule has 1 atom stereocenters. The lowest BCUT2D eigenvalue weighted by atomic mass is 10.1. The molecule has 0 spiro atoms. The molecule has 0 saturated heterocycles. The van der Waals surface area contributed by atoms with Crippen molar-refractivity contribution in [2.24, 2.45) is 0 Å². The number of hydrogen-bond acceptors (Lipinski definition) is 2. The number of amides is 1. The molecule has 0 aliphatic heterocycles. The zero-order valence-corrected chi connectivity index (χ0v) is 11.2. The van der Waals surface area contributed by atoms with E-state index in [1.54, 1.807) is 25.2 Å². The Bertz CT molecular complexity index is 387. The van der Waals surface area contributed by atoms with Gasteiger partial charge in [-0.2, -0.15) is 0 Å². The fraction of sp³-hybridized carbons (Fsp3) is 0.417. The van der Waals surface area contributed by atoms with Crippen LogP contribution < -0.4 is 0 Å². The molecule has 1 N–H and O–H groups in total. The maximum Gasteiger partial charge on any atom is 0.236 e. The Balaban J connectivity index is 2.63. The van der Waals surface area contributed by atoms with Crippen LogP contribution in [0.3, 0.4) is 0 Å². The molecule has 3 nitrogen and oxygen atoms in total. The number of alkyl halides is 1. The van der Waals surface area contributed by atoms with Crippen LogP contribution in [0.25, 0.3) is 0 Å². The molecule has 17 heavy (non-hydrogen) atoms. The zero-order chi connectivity index (χ0) is 12.8. The molecule has 94 valence electrons. The maximum atomic E-state index is 13.4. The highest BCUT2D eigenvalue weighted by Gasteiger charge is 2.20. The normalized spacial score (nSPS) is 12.2. The van der Waals surface area contributed by atoms with E-state index >= 15 is 0 Å². The van der Waals surface area contributed by atoms with Crippen LogP contribution in [0.15, 0.2) is 24.3 Å². The molecule has 0 radical (unpaired) electrons. The van der Waals surface area contributed by atoms with Gasteiger partial charge in [-0.3, -0.25) is 4.79 Å². The van der Waals surface area contributed by atoms with Crippen LogP contribution in [0.5, 0.6) is 0 Å². The van der Waals surface area contributed by atoms with Gasteiger partial charge in [0.05, 0.1) is 11.4 Å². The Kier molecular flexibility index (Phi) is 5.58. The van der Waals surface area contributed by atoms with Crippen LogP contribution in [0.1, 0.15) is 5.56 Å². The standard InChI is InChI=1S/C12H15BrFNO2/c1-15(6-7-16)12(17)10(13)8-9-4-2-3-5-11(9)14/h2-5,10,16H,6-8H2,1H3. The smallest absolute Gasteiger partial charge is 0.236 e. The van der Waals surface area contributed by atoms with Crippen molar-refractivity contribution >= 4 is 21.8 Å². The number of halogens is 2. The fourth-order valence-electron chi connectivity index (χ4n) is 1.44. The summed E-state index contributed by atoms with van der Waals surface area (Å²) in [6.45, 7) is 0.194. The molecule has 1 aromatic rings. The molecule has 0 aliphatic rings. The minimum Gasteiger partial charge on any atom is -0.395 e. The second kappa shape index (κ2) is 6.71. The Morgan fingerprint density at radius 2 is 2.18 bits per heavy atom. The Labute approximate surface area is 108 Å². The van der Waals surface area contributed by atoms with Gasteiger partial charge < -0.3 is 10.0 Å². The van der Waals surface area contributed by atoms with E-state index in [2.05, 4.69) is 15.9 Å². The van der Waals surface area contributed by atoms with Gasteiger partial charge in [0.25, 0.3) is 0 Å². The molecule has 0 bridgehead atoms. The third-order valence-electron chi connectivity index (χ3n) is 2.44. The van der Waals surface area contributed by atoms with Crippen molar-refractivity contribution in [3.63, 3.8) is 0 Å². The van der Waals surface area contributed by atoms with Crippen molar-refractivity contribution < 1.29 is 14.3 Å². The zero-order valence-electron chi connectivity index (χ0n) is 9.57. The first-order valence-corrected chi connectivity index (χ1v) is 6.21. The minimum atomic E-state index is -0.476. The van der Waals surface area contributed by atoms with E-state index in [0.29, 0.717) is 12.0 Å². The van der Waals surface area contributed by atoms with Gasteiger partial charge in [-0.05, 0) is 18.1 Å². The van der Waals surface area contributed by atoms with Gasteiger partial charge in [-0.1, -0.05) is 34.1 Å². The number of carbonyl (C=O) groups is 1. The van der Waals surface area contributed by atoms with E-state index in [0.717, 1.165) is 0 Å². The van der Waals surface area contributed by atoms with Crippen molar-refractivity contribution in [2.45, 2.75) is 11.2 Å². The summed E-state index contributed by atoms with van der Waals surface area (Å²) in [7, 11) is 1.61. The monoisotopic (exact) mass is 303 g/mol. The predicted molar refractivity (Wildman–Crippen MR) is 67.5 cm³/mol. The topological polar surface area (TPSA) is 40.5 Å². The summed E-state index contributed by atoms with van der Waals surface area (Å²) in [5.41, 5.74) is 0.500. The highest BCUT2D eigenvalue weighted by Crippen LogP contribution is 2.15. The SMILES string of the molecule is CN(CCO)C(=O)C(Br)Cc1ccccc1F. The van der Waals surface area contributed by atoms with Gasteiger partial charge in [-0.15, -0.1) is 0 Å². The van der Waals surface area contributed by atoms with Crippen LogP contribution >= 0.6 is 15.9 Å². The number of hydrogen-bond donors (Lipinski definition) is 1. The molecule has 0 fully saturated rings. The van der Waals surface area contributed by atoms with Crippen LogP contribution in [-0.4, -0.2) is 40.9 Å². The third-order valence-corrected chi connectivity index (χ3v) is 3.15. The quantitative estimate of drug-likeness (QED) is 0.839. The number of aliphatic hydroxyl groups excluding tert-OH is 1. The van der Waals surface area contributed by atoms with Gasteiger partial charge in [0.1, 0.15) is 5.82 Å². The maximum absolute atomic E-state index is 13.4. The number of carbonyl (C=O) groups excluding carboxylic acids is 1. The van der Waals surface area contributed by atoms with E-state index in [1.807, 2.05) is 0 Å². The summed E-state index contributed by atoms with van der Waals surface area (Å²) in [5, 5.41) is 8.73. The summed E-state index contributed by atoms with van der Waals surface area (Å²) in [6, 6.07) is 6.38. The van der Waals surface area contributed by atoms with Crippen LogP contribution in [0, 0.1) is 5.82 Å². The molecule has 1 rings (SSSR count). The molecule has 0 aromatic heterocycles. The lowest BCUT2D eigenvalue weighted by molar-refractivity contribution is -0.129. The Morgan fingerprint density at radius 3 is 2.76 bits per heavy atom. The van der Waals surface area contributed by atoms with Crippen LogP contribution in [0.4, 0.5) is 4.39 Å². The molecule has 1 unspecified atom stereocenters. The van der Waals surface area contributed by atoms with Crippen LogP contribution in [-0.2, 0) is 11.2 Å². The highest BCUT2D eigenvalue weighted by atomic mass is 79.9. The molecule has 5 heteroatoms. The summed E-state index contributed by atoms with van der Waals surface area (Å²) >= 11 is 3.25. The molecule has 0 saturated carbocycles. The largest absolute Gasteiger partial charge is 0.395 e. The lowest BCUT2D eigenvalue weighted by Gasteiger charge is -2.19. The predicted octanol–water partition coefficient (Wildman–Crippen LogP) is 1.58. The first-order valence-electron chi connectivity index (χ1n) is 5.29. The number of rotatable bonds is 5. The third kappa shape index (κ3) is 4.09. The van der Waals surface area contributed by atoms with Gasteiger partial charge in [-0.25, -0.2) is 4.39 Å². The lowest BCUT2D eigenvalue weighted by Crippen LogP contribution is -2.36. The van der Waals surface area contributed by atoms with E-state index in [-0.39, 0.29) is 24.9 Å². The second-order valence-electron chi connectivity index (χ2n) is 3.75. The van der Waals surface area contributed by atoms with Gasteiger partial charge in [0.15, 0.2) is 0 Å². The molecular formula is C12H15BrFNO2.